The van der Waals surface area contributed by atoms with E-state index in [0.717, 1.165) is 23.9 Å². The molecule has 0 fully saturated rings. The van der Waals surface area contributed by atoms with Crippen LogP contribution in [-0.4, -0.2) is 34.3 Å². The van der Waals surface area contributed by atoms with Crippen molar-refractivity contribution in [2.45, 2.75) is 26.3 Å². The second kappa shape index (κ2) is 8.98. The highest BCUT2D eigenvalue weighted by Gasteiger charge is 2.07. The fourth-order valence-corrected chi connectivity index (χ4v) is 2.77. The van der Waals surface area contributed by atoms with Crippen molar-refractivity contribution in [1.29, 1.82) is 0 Å². The zero-order valence-corrected chi connectivity index (χ0v) is 16.1. The van der Waals surface area contributed by atoms with Crippen LogP contribution in [0.25, 0.3) is 5.82 Å². The molecule has 1 aromatic carbocycles. The van der Waals surface area contributed by atoms with Gasteiger partial charge in [0.15, 0.2) is 11.8 Å². The van der Waals surface area contributed by atoms with Gasteiger partial charge in [0, 0.05) is 38.7 Å². The molecule has 2 heterocycles. The zero-order valence-electron chi connectivity index (χ0n) is 16.1. The first-order valence-electron chi connectivity index (χ1n) is 9.11. The molecule has 0 bridgehead atoms. The number of aromatic nitrogens is 3. The summed E-state index contributed by atoms with van der Waals surface area (Å²) in [5, 5.41) is 11.0. The second-order valence-corrected chi connectivity index (χ2v) is 6.59. The summed E-state index contributed by atoms with van der Waals surface area (Å²) in [6.45, 7) is 5.80. The average Bonchev–Trinajstić information content (AvgIpc) is 3.23. The van der Waals surface area contributed by atoms with Crippen LogP contribution in [0.3, 0.4) is 0 Å². The minimum atomic E-state index is 0.400. The molecule has 6 heteroatoms. The van der Waals surface area contributed by atoms with Gasteiger partial charge in [0.05, 0.1) is 0 Å². The summed E-state index contributed by atoms with van der Waals surface area (Å²) < 4.78 is 1.75. The van der Waals surface area contributed by atoms with Crippen LogP contribution in [0.1, 0.15) is 29.5 Å². The Morgan fingerprint density at radius 1 is 1.15 bits per heavy atom. The minimum Gasteiger partial charge on any atom is -0.356 e. The molecule has 3 aromatic rings. The average molecular weight is 362 g/mol. The monoisotopic (exact) mass is 362 g/mol. The lowest BCUT2D eigenvalue weighted by atomic mass is 10.0. The first-order chi connectivity index (χ1) is 13.2. The highest BCUT2D eigenvalue weighted by atomic mass is 15.3. The standard InChI is InChI=1S/C21H26N6/c1-16-5-7-19(8-6-16)17(2)14-24-21(22-3)25-15-18-9-11-23-20(13-18)27-12-4-10-26-27/h4-13,17H,14-15H2,1-3H3,(H2,22,24,25). The first-order valence-corrected chi connectivity index (χ1v) is 9.11. The zero-order chi connectivity index (χ0) is 19.1. The molecule has 3 rings (SSSR count). The Bertz CT molecular complexity index is 868. The number of rotatable bonds is 6. The van der Waals surface area contributed by atoms with Crippen LogP contribution in [0, 0.1) is 6.92 Å². The van der Waals surface area contributed by atoms with Gasteiger partial charge in [-0.15, -0.1) is 0 Å². The van der Waals surface area contributed by atoms with E-state index in [1.807, 2.05) is 24.4 Å². The number of hydrogen-bond acceptors (Lipinski definition) is 3. The van der Waals surface area contributed by atoms with Crippen molar-refractivity contribution in [2.24, 2.45) is 4.99 Å². The SMILES string of the molecule is CN=C(NCc1ccnc(-n2cccn2)c1)NCC(C)c1ccc(C)cc1. The minimum absolute atomic E-state index is 0.400. The maximum atomic E-state index is 4.36. The van der Waals surface area contributed by atoms with Crippen molar-refractivity contribution in [1.82, 2.24) is 25.4 Å². The Kier molecular flexibility index (Phi) is 6.20. The molecule has 2 N–H and O–H groups in total. The van der Waals surface area contributed by atoms with Gasteiger partial charge in [0.2, 0.25) is 0 Å². The lowest BCUT2D eigenvalue weighted by Gasteiger charge is -2.17. The highest BCUT2D eigenvalue weighted by Crippen LogP contribution is 2.14. The van der Waals surface area contributed by atoms with Crippen LogP contribution in [0.4, 0.5) is 0 Å². The largest absolute Gasteiger partial charge is 0.356 e. The number of benzene rings is 1. The fourth-order valence-electron chi connectivity index (χ4n) is 2.77. The van der Waals surface area contributed by atoms with E-state index in [4.69, 9.17) is 0 Å². The molecule has 1 unspecified atom stereocenters. The third-order valence-electron chi connectivity index (χ3n) is 4.45. The van der Waals surface area contributed by atoms with Gasteiger partial charge in [-0.2, -0.15) is 5.10 Å². The Morgan fingerprint density at radius 2 is 1.96 bits per heavy atom. The van der Waals surface area contributed by atoms with Crippen molar-refractivity contribution in [3.05, 3.63) is 77.7 Å². The molecule has 2 aromatic heterocycles. The van der Waals surface area contributed by atoms with E-state index >= 15 is 0 Å². The molecule has 6 nitrogen and oxygen atoms in total. The Hall–Kier alpha value is -3.15. The number of nitrogens with one attached hydrogen (secondary N) is 2. The number of pyridine rings is 1. The molecule has 27 heavy (non-hydrogen) atoms. The van der Waals surface area contributed by atoms with Crippen LogP contribution < -0.4 is 10.6 Å². The molecule has 0 aliphatic heterocycles. The Balaban J connectivity index is 1.53. The van der Waals surface area contributed by atoms with E-state index in [1.165, 1.54) is 11.1 Å². The Labute approximate surface area is 160 Å². The van der Waals surface area contributed by atoms with Crippen LogP contribution in [-0.2, 0) is 6.54 Å². The highest BCUT2D eigenvalue weighted by molar-refractivity contribution is 5.79. The van der Waals surface area contributed by atoms with Crippen molar-refractivity contribution in [3.63, 3.8) is 0 Å². The molecule has 140 valence electrons. The number of hydrogen-bond donors (Lipinski definition) is 2. The van der Waals surface area contributed by atoms with Gasteiger partial charge in [-0.1, -0.05) is 36.8 Å². The number of aryl methyl sites for hydroxylation is 1. The molecular formula is C21H26N6. The van der Waals surface area contributed by atoms with Crippen molar-refractivity contribution in [2.75, 3.05) is 13.6 Å². The second-order valence-electron chi connectivity index (χ2n) is 6.59. The van der Waals surface area contributed by atoms with Gasteiger partial charge < -0.3 is 10.6 Å². The molecule has 0 saturated heterocycles. The first kappa shape index (κ1) is 18.6. The van der Waals surface area contributed by atoms with Crippen molar-refractivity contribution in [3.8, 4) is 5.82 Å². The van der Waals surface area contributed by atoms with E-state index < -0.39 is 0 Å². The van der Waals surface area contributed by atoms with E-state index in [0.29, 0.717) is 12.5 Å². The van der Waals surface area contributed by atoms with Gasteiger partial charge >= 0.3 is 0 Å². The summed E-state index contributed by atoms with van der Waals surface area (Å²) in [5.41, 5.74) is 3.72. The summed E-state index contributed by atoms with van der Waals surface area (Å²) in [6.07, 6.45) is 5.42. The van der Waals surface area contributed by atoms with E-state index in [9.17, 15) is 0 Å². The van der Waals surface area contributed by atoms with Crippen LogP contribution in [0.2, 0.25) is 0 Å². The van der Waals surface area contributed by atoms with Gasteiger partial charge in [0.25, 0.3) is 0 Å². The van der Waals surface area contributed by atoms with Gasteiger partial charge in [-0.25, -0.2) is 9.67 Å². The number of guanidine groups is 1. The molecule has 0 radical (unpaired) electrons. The lowest BCUT2D eigenvalue weighted by Crippen LogP contribution is -2.38. The van der Waals surface area contributed by atoms with Gasteiger partial charge in [0.1, 0.15) is 0 Å². The van der Waals surface area contributed by atoms with Crippen LogP contribution >= 0.6 is 0 Å². The van der Waals surface area contributed by atoms with Gasteiger partial charge in [-0.05, 0) is 42.2 Å². The maximum Gasteiger partial charge on any atom is 0.191 e. The van der Waals surface area contributed by atoms with E-state index in [2.05, 4.69) is 63.8 Å². The number of aliphatic imine (C=N–C) groups is 1. The molecule has 0 spiro atoms. The third-order valence-corrected chi connectivity index (χ3v) is 4.45. The third kappa shape index (κ3) is 5.17. The molecule has 1 atom stereocenters. The van der Waals surface area contributed by atoms with Crippen LogP contribution in [0.15, 0.2) is 66.0 Å². The predicted molar refractivity (Wildman–Crippen MR) is 109 cm³/mol. The Morgan fingerprint density at radius 3 is 2.67 bits per heavy atom. The summed E-state index contributed by atoms with van der Waals surface area (Å²) >= 11 is 0. The number of nitrogens with zero attached hydrogens (tertiary/aromatic N) is 4. The van der Waals surface area contributed by atoms with Crippen molar-refractivity contribution >= 4 is 5.96 Å². The maximum absolute atomic E-state index is 4.36. The van der Waals surface area contributed by atoms with E-state index in [-0.39, 0.29) is 0 Å². The topological polar surface area (TPSA) is 67.1 Å². The molecule has 0 saturated carbocycles. The lowest BCUT2D eigenvalue weighted by molar-refractivity contribution is 0.698. The molecule has 0 aliphatic rings. The summed E-state index contributed by atoms with van der Waals surface area (Å²) in [6, 6.07) is 14.6. The summed E-state index contributed by atoms with van der Waals surface area (Å²) in [5.74, 6) is 1.98. The predicted octanol–water partition coefficient (Wildman–Crippen LogP) is 3.04. The molecule has 0 aliphatic carbocycles. The smallest absolute Gasteiger partial charge is 0.191 e. The normalized spacial score (nSPS) is 12.6. The van der Waals surface area contributed by atoms with E-state index in [1.54, 1.807) is 24.1 Å². The fraction of sp³-hybridized carbons (Fsp3) is 0.286. The van der Waals surface area contributed by atoms with Crippen molar-refractivity contribution < 1.29 is 0 Å². The summed E-state index contributed by atoms with van der Waals surface area (Å²) in [7, 11) is 1.79. The summed E-state index contributed by atoms with van der Waals surface area (Å²) in [4.78, 5) is 8.67. The van der Waals surface area contributed by atoms with Crippen LogP contribution in [0.5, 0.6) is 0 Å². The molecular weight excluding hydrogens is 336 g/mol. The molecule has 0 amide bonds. The quantitative estimate of drug-likeness (QED) is 0.522. The van der Waals surface area contributed by atoms with Gasteiger partial charge in [-0.3, -0.25) is 4.99 Å².